The molecule has 3 rings (SSSR count). The van der Waals surface area contributed by atoms with Crippen LogP contribution in [0.4, 0.5) is 5.69 Å². The molecule has 0 fully saturated rings. The molecule has 0 aliphatic heterocycles. The topological polar surface area (TPSA) is 48.1 Å². The minimum absolute atomic E-state index is 0.547. The molecule has 1 aromatic heterocycles. The SMILES string of the molecule is Nc1ccc2nc(Oc3ccc(Br)cc3Br)ccc2c1. The minimum Gasteiger partial charge on any atom is -0.438 e. The molecule has 0 saturated carbocycles. The third-order valence-electron chi connectivity index (χ3n) is 2.80. The summed E-state index contributed by atoms with van der Waals surface area (Å²) >= 11 is 6.87. The molecule has 1 heterocycles. The molecule has 0 unspecified atom stereocenters. The summed E-state index contributed by atoms with van der Waals surface area (Å²) in [6.45, 7) is 0. The van der Waals surface area contributed by atoms with Crippen molar-refractivity contribution in [1.82, 2.24) is 4.98 Å². The Balaban J connectivity index is 1.96. The number of fused-ring (bicyclic) bond motifs is 1. The summed E-state index contributed by atoms with van der Waals surface area (Å²) in [5.74, 6) is 1.26. The van der Waals surface area contributed by atoms with Gasteiger partial charge in [-0.05, 0) is 58.4 Å². The van der Waals surface area contributed by atoms with E-state index < -0.39 is 0 Å². The average molecular weight is 394 g/mol. The largest absolute Gasteiger partial charge is 0.438 e. The number of nitrogen functional groups attached to an aromatic ring is 1. The highest BCUT2D eigenvalue weighted by Gasteiger charge is 2.05. The highest BCUT2D eigenvalue weighted by atomic mass is 79.9. The van der Waals surface area contributed by atoms with E-state index >= 15 is 0 Å². The Morgan fingerprint density at radius 3 is 2.60 bits per heavy atom. The van der Waals surface area contributed by atoms with Crippen LogP contribution >= 0.6 is 31.9 Å². The first kappa shape index (κ1) is 13.4. The number of hydrogen-bond donors (Lipinski definition) is 1. The van der Waals surface area contributed by atoms with E-state index in [1.807, 2.05) is 48.5 Å². The van der Waals surface area contributed by atoms with Gasteiger partial charge in [-0.3, -0.25) is 0 Å². The molecule has 0 saturated heterocycles. The maximum Gasteiger partial charge on any atom is 0.219 e. The van der Waals surface area contributed by atoms with Crippen LogP contribution in [0.2, 0.25) is 0 Å². The van der Waals surface area contributed by atoms with Crippen molar-refractivity contribution in [2.75, 3.05) is 5.73 Å². The predicted octanol–water partition coefficient (Wildman–Crippen LogP) is 5.13. The van der Waals surface area contributed by atoms with Gasteiger partial charge in [-0.15, -0.1) is 0 Å². The lowest BCUT2D eigenvalue weighted by molar-refractivity contribution is 0.462. The normalized spacial score (nSPS) is 10.7. The summed E-state index contributed by atoms with van der Waals surface area (Å²) in [5, 5.41) is 0.993. The number of rotatable bonds is 2. The van der Waals surface area contributed by atoms with Crippen molar-refractivity contribution in [1.29, 1.82) is 0 Å². The van der Waals surface area contributed by atoms with Crippen molar-refractivity contribution in [2.24, 2.45) is 0 Å². The van der Waals surface area contributed by atoms with Crippen molar-refractivity contribution in [2.45, 2.75) is 0 Å². The number of anilines is 1. The number of nitrogens with two attached hydrogens (primary N) is 1. The van der Waals surface area contributed by atoms with Crippen LogP contribution in [0.1, 0.15) is 0 Å². The highest BCUT2D eigenvalue weighted by Crippen LogP contribution is 2.32. The molecule has 3 nitrogen and oxygen atoms in total. The van der Waals surface area contributed by atoms with E-state index in [2.05, 4.69) is 36.8 Å². The number of nitrogens with zero attached hydrogens (tertiary/aromatic N) is 1. The lowest BCUT2D eigenvalue weighted by atomic mass is 10.2. The first-order valence-corrected chi connectivity index (χ1v) is 7.49. The van der Waals surface area contributed by atoms with Crippen LogP contribution in [-0.2, 0) is 0 Å². The molecule has 0 aliphatic carbocycles. The maximum absolute atomic E-state index is 5.79. The van der Waals surface area contributed by atoms with Gasteiger partial charge in [0.25, 0.3) is 0 Å². The van der Waals surface area contributed by atoms with Crippen LogP contribution in [-0.4, -0.2) is 4.98 Å². The number of hydrogen-bond acceptors (Lipinski definition) is 3. The molecule has 2 N–H and O–H groups in total. The average Bonchev–Trinajstić information content (AvgIpc) is 2.42. The quantitative estimate of drug-likeness (QED) is 0.613. The molecule has 2 aromatic carbocycles. The highest BCUT2D eigenvalue weighted by molar-refractivity contribution is 9.11. The van der Waals surface area contributed by atoms with Gasteiger partial charge >= 0.3 is 0 Å². The fraction of sp³-hybridized carbons (Fsp3) is 0. The molecule has 0 radical (unpaired) electrons. The maximum atomic E-state index is 5.79. The summed E-state index contributed by atoms with van der Waals surface area (Å²) < 4.78 is 7.64. The van der Waals surface area contributed by atoms with Gasteiger partial charge in [0.1, 0.15) is 5.75 Å². The molecule has 3 aromatic rings. The van der Waals surface area contributed by atoms with Crippen LogP contribution in [0.25, 0.3) is 10.9 Å². The van der Waals surface area contributed by atoms with E-state index in [0.29, 0.717) is 5.88 Å². The van der Waals surface area contributed by atoms with Crippen molar-refractivity contribution in [3.63, 3.8) is 0 Å². The number of pyridine rings is 1. The van der Waals surface area contributed by atoms with Gasteiger partial charge in [-0.2, -0.15) is 0 Å². The number of ether oxygens (including phenoxy) is 1. The molecule has 0 amide bonds. The van der Waals surface area contributed by atoms with Gasteiger partial charge in [0.15, 0.2) is 0 Å². The predicted molar refractivity (Wildman–Crippen MR) is 88.1 cm³/mol. The van der Waals surface area contributed by atoms with Gasteiger partial charge < -0.3 is 10.5 Å². The van der Waals surface area contributed by atoms with Gasteiger partial charge in [-0.1, -0.05) is 15.9 Å². The summed E-state index contributed by atoms with van der Waals surface area (Å²) in [6, 6.07) is 15.1. The van der Waals surface area contributed by atoms with E-state index in [1.54, 1.807) is 0 Å². The van der Waals surface area contributed by atoms with E-state index in [-0.39, 0.29) is 0 Å². The lowest BCUT2D eigenvalue weighted by Crippen LogP contribution is -1.90. The zero-order valence-electron chi connectivity index (χ0n) is 10.3. The second-order valence-electron chi connectivity index (χ2n) is 4.28. The van der Waals surface area contributed by atoms with Crippen molar-refractivity contribution in [3.05, 3.63) is 57.5 Å². The minimum atomic E-state index is 0.547. The summed E-state index contributed by atoms with van der Waals surface area (Å²) in [4.78, 5) is 4.46. The van der Waals surface area contributed by atoms with E-state index in [0.717, 1.165) is 31.3 Å². The van der Waals surface area contributed by atoms with Crippen LogP contribution in [0.3, 0.4) is 0 Å². The molecular weight excluding hydrogens is 384 g/mol. The zero-order chi connectivity index (χ0) is 14.1. The fourth-order valence-corrected chi connectivity index (χ4v) is 2.98. The van der Waals surface area contributed by atoms with Crippen LogP contribution in [0, 0.1) is 0 Å². The number of aromatic nitrogens is 1. The first-order valence-electron chi connectivity index (χ1n) is 5.91. The molecule has 0 atom stereocenters. The fourth-order valence-electron chi connectivity index (χ4n) is 1.85. The van der Waals surface area contributed by atoms with E-state index in [4.69, 9.17) is 10.5 Å². The van der Waals surface area contributed by atoms with Crippen LogP contribution < -0.4 is 10.5 Å². The summed E-state index contributed by atoms with van der Waals surface area (Å²) in [6.07, 6.45) is 0. The van der Waals surface area contributed by atoms with Gasteiger partial charge in [0.2, 0.25) is 5.88 Å². The molecular formula is C15H10Br2N2O. The lowest BCUT2D eigenvalue weighted by Gasteiger charge is -2.08. The Bertz CT molecular complexity index is 790. The Labute approximate surface area is 133 Å². The second kappa shape index (κ2) is 5.42. The first-order chi connectivity index (χ1) is 9.61. The van der Waals surface area contributed by atoms with Crippen molar-refractivity contribution >= 4 is 48.5 Å². The van der Waals surface area contributed by atoms with E-state index in [9.17, 15) is 0 Å². The Morgan fingerprint density at radius 1 is 0.950 bits per heavy atom. The molecule has 5 heteroatoms. The molecule has 0 aliphatic rings. The summed E-state index contributed by atoms with van der Waals surface area (Å²) in [5.41, 5.74) is 7.33. The van der Waals surface area contributed by atoms with Crippen LogP contribution in [0.5, 0.6) is 11.6 Å². The van der Waals surface area contributed by atoms with Gasteiger partial charge in [0.05, 0.1) is 9.99 Å². The Morgan fingerprint density at radius 2 is 1.80 bits per heavy atom. The standard InChI is InChI=1S/C15H10Br2N2O/c16-10-2-5-14(12(17)8-10)20-15-6-1-9-7-11(18)3-4-13(9)19-15/h1-8H,18H2. The van der Waals surface area contributed by atoms with Crippen LogP contribution in [0.15, 0.2) is 57.5 Å². The van der Waals surface area contributed by atoms with Crippen molar-refractivity contribution < 1.29 is 4.74 Å². The van der Waals surface area contributed by atoms with E-state index in [1.165, 1.54) is 0 Å². The number of halogens is 2. The Hall–Kier alpha value is -1.59. The van der Waals surface area contributed by atoms with Gasteiger partial charge in [-0.25, -0.2) is 4.98 Å². The smallest absolute Gasteiger partial charge is 0.219 e. The second-order valence-corrected chi connectivity index (χ2v) is 6.05. The molecule has 0 spiro atoms. The van der Waals surface area contributed by atoms with Gasteiger partial charge in [0, 0.05) is 21.6 Å². The molecule has 0 bridgehead atoms. The number of benzene rings is 2. The third-order valence-corrected chi connectivity index (χ3v) is 3.91. The third kappa shape index (κ3) is 2.78. The summed E-state index contributed by atoms with van der Waals surface area (Å²) in [7, 11) is 0. The monoisotopic (exact) mass is 392 g/mol. The van der Waals surface area contributed by atoms with Crippen molar-refractivity contribution in [3.8, 4) is 11.6 Å². The molecule has 100 valence electrons. The Kier molecular flexibility index (Phi) is 3.63. The molecule has 20 heavy (non-hydrogen) atoms. The zero-order valence-corrected chi connectivity index (χ0v) is 13.5.